The third-order valence-electron chi connectivity index (χ3n) is 6.43. The average Bonchev–Trinajstić information content (AvgIpc) is 3.14. The van der Waals surface area contributed by atoms with Crippen molar-refractivity contribution in [1.82, 2.24) is 19.1 Å². The number of fused-ring (bicyclic) bond motifs is 3. The number of ether oxygens (including phenoxy) is 1. The minimum atomic E-state index is 0.0850. The van der Waals surface area contributed by atoms with Gasteiger partial charge in [0.25, 0.3) is 0 Å². The summed E-state index contributed by atoms with van der Waals surface area (Å²) in [6, 6.07) is 17.7. The fourth-order valence-corrected chi connectivity index (χ4v) is 4.92. The number of carbonyl (C=O) groups excluding carboxylic acids is 1. The van der Waals surface area contributed by atoms with Crippen LogP contribution in [0.15, 0.2) is 54.6 Å². The summed E-state index contributed by atoms with van der Waals surface area (Å²) in [5.41, 5.74) is 3.80. The van der Waals surface area contributed by atoms with Crippen LogP contribution in [0.2, 0.25) is 0 Å². The number of rotatable bonds is 5. The summed E-state index contributed by atoms with van der Waals surface area (Å²) in [7, 11) is 1.67. The molecule has 3 heterocycles. The molecule has 0 spiro atoms. The lowest BCUT2D eigenvalue weighted by atomic mass is 9.89. The molecule has 1 fully saturated rings. The lowest BCUT2D eigenvalue weighted by Crippen LogP contribution is -2.37. The fraction of sp³-hybridized carbons (Fsp3) is 0.320. The number of methoxy groups -OCH3 is 1. The minimum Gasteiger partial charge on any atom is -0.497 e. The van der Waals surface area contributed by atoms with Crippen molar-refractivity contribution >= 4 is 34.6 Å². The largest absolute Gasteiger partial charge is 0.497 e. The Balaban J connectivity index is 1.37. The molecular weight excluding hydrogens is 420 g/mol. The van der Waals surface area contributed by atoms with Crippen LogP contribution in [0.3, 0.4) is 0 Å². The first-order valence-corrected chi connectivity index (χ1v) is 11.3. The minimum absolute atomic E-state index is 0.0850. The lowest BCUT2D eigenvalue weighted by molar-refractivity contribution is 0.0804. The van der Waals surface area contributed by atoms with Gasteiger partial charge >= 0.3 is 0 Å². The van der Waals surface area contributed by atoms with Crippen molar-refractivity contribution in [1.29, 1.82) is 0 Å². The van der Waals surface area contributed by atoms with Gasteiger partial charge in [-0.1, -0.05) is 30.3 Å². The maximum Gasteiger partial charge on any atom is 0.204 e. The Morgan fingerprint density at radius 1 is 1.12 bits per heavy atom. The third kappa shape index (κ3) is 3.72. The van der Waals surface area contributed by atoms with Gasteiger partial charge in [0, 0.05) is 36.0 Å². The van der Waals surface area contributed by atoms with Gasteiger partial charge in [-0.15, -0.1) is 0 Å². The van der Waals surface area contributed by atoms with Crippen molar-refractivity contribution in [3.63, 3.8) is 0 Å². The highest BCUT2D eigenvalue weighted by Gasteiger charge is 2.26. The van der Waals surface area contributed by atoms with E-state index in [2.05, 4.69) is 24.0 Å². The van der Waals surface area contributed by atoms with E-state index in [-0.39, 0.29) is 11.7 Å². The molecule has 0 radical (unpaired) electrons. The summed E-state index contributed by atoms with van der Waals surface area (Å²) in [6.07, 6.45) is 1.71. The first kappa shape index (κ1) is 20.8. The van der Waals surface area contributed by atoms with E-state index in [1.54, 1.807) is 7.11 Å². The number of likely N-dealkylation sites (tertiary alicyclic amines) is 1. The smallest absolute Gasteiger partial charge is 0.204 e. The number of hydrogen-bond acceptors (Lipinski definition) is 5. The van der Waals surface area contributed by atoms with E-state index in [1.807, 2.05) is 51.5 Å². The third-order valence-corrected chi connectivity index (χ3v) is 6.82. The molecule has 32 heavy (non-hydrogen) atoms. The van der Waals surface area contributed by atoms with Crippen molar-refractivity contribution in [2.45, 2.75) is 26.4 Å². The molecule has 5 rings (SSSR count). The molecular formula is C25H26N4O2S. The number of aromatic nitrogens is 3. The Bertz CT molecular complexity index is 1350. The van der Waals surface area contributed by atoms with Gasteiger partial charge < -0.3 is 4.74 Å². The molecule has 0 unspecified atom stereocenters. The number of ketones is 1. The summed E-state index contributed by atoms with van der Waals surface area (Å²) in [5.74, 6) is 1.14. The van der Waals surface area contributed by atoms with Gasteiger partial charge in [0.2, 0.25) is 4.77 Å². The van der Waals surface area contributed by atoms with E-state index in [9.17, 15) is 4.79 Å². The van der Waals surface area contributed by atoms with Gasteiger partial charge in [0.05, 0.1) is 19.3 Å². The van der Waals surface area contributed by atoms with Crippen molar-refractivity contribution in [2.75, 3.05) is 20.2 Å². The second-order valence-corrected chi connectivity index (χ2v) is 8.82. The van der Waals surface area contributed by atoms with Crippen LogP contribution < -0.4 is 4.74 Å². The Hall–Kier alpha value is -3.03. The molecule has 0 bridgehead atoms. The second kappa shape index (κ2) is 8.48. The fourth-order valence-electron chi connectivity index (χ4n) is 4.63. The number of benzene rings is 2. The quantitative estimate of drug-likeness (QED) is 0.323. The molecule has 0 amide bonds. The number of aryl methyl sites for hydroxylation is 1. The summed E-state index contributed by atoms with van der Waals surface area (Å²) >= 11 is 5.82. The number of hydrogen-bond donors (Lipinski definition) is 0. The summed E-state index contributed by atoms with van der Waals surface area (Å²) < 4.78 is 10.0. The number of nitrogens with zero attached hydrogens (tertiary/aromatic N) is 4. The Morgan fingerprint density at radius 3 is 2.59 bits per heavy atom. The molecule has 4 aromatic rings. The maximum absolute atomic E-state index is 12.8. The molecule has 0 saturated carbocycles. The van der Waals surface area contributed by atoms with Crippen LogP contribution in [-0.4, -0.2) is 45.1 Å². The second-order valence-electron chi connectivity index (χ2n) is 8.45. The molecule has 2 aromatic carbocycles. The molecule has 0 aliphatic carbocycles. The van der Waals surface area contributed by atoms with Gasteiger partial charge in [0.1, 0.15) is 5.75 Å². The van der Waals surface area contributed by atoms with Crippen LogP contribution in [-0.2, 0) is 6.67 Å². The van der Waals surface area contributed by atoms with Crippen molar-refractivity contribution in [3.8, 4) is 5.75 Å². The number of piperidine rings is 1. The van der Waals surface area contributed by atoms with Gasteiger partial charge in [-0.05, 0) is 55.7 Å². The standard InChI is InChI=1S/C25H26N4O2S/c1-17-14-23-26-28(25(32)29(23)22-15-20(31-2)8-9-21(17)22)16-27-12-10-19(11-13-27)24(30)18-6-4-3-5-7-18/h3-9,14-15,19H,10-13,16H2,1-2H3. The predicted octanol–water partition coefficient (Wildman–Crippen LogP) is 4.89. The van der Waals surface area contributed by atoms with Gasteiger partial charge in [-0.25, -0.2) is 4.68 Å². The molecule has 0 N–H and O–H groups in total. The van der Waals surface area contributed by atoms with Crippen molar-refractivity contribution in [3.05, 3.63) is 70.5 Å². The molecule has 164 valence electrons. The first-order chi connectivity index (χ1) is 15.5. The number of carbonyl (C=O) groups is 1. The van der Waals surface area contributed by atoms with E-state index in [0.717, 1.165) is 59.4 Å². The highest BCUT2D eigenvalue weighted by atomic mass is 32.1. The van der Waals surface area contributed by atoms with Gasteiger partial charge in [-0.2, -0.15) is 5.10 Å². The van der Waals surface area contributed by atoms with Crippen LogP contribution >= 0.6 is 12.2 Å². The molecule has 0 atom stereocenters. The zero-order valence-corrected chi connectivity index (χ0v) is 19.1. The van der Waals surface area contributed by atoms with Crippen LogP contribution in [0.1, 0.15) is 28.8 Å². The zero-order valence-electron chi connectivity index (χ0n) is 18.3. The van der Waals surface area contributed by atoms with Crippen molar-refractivity contribution in [2.24, 2.45) is 5.92 Å². The summed E-state index contributed by atoms with van der Waals surface area (Å²) in [6.45, 7) is 4.42. The molecule has 7 heteroatoms. The topological polar surface area (TPSA) is 51.8 Å². The van der Waals surface area contributed by atoms with Crippen LogP contribution in [0, 0.1) is 17.6 Å². The Labute approximate surface area is 192 Å². The van der Waals surface area contributed by atoms with E-state index >= 15 is 0 Å². The van der Waals surface area contributed by atoms with E-state index in [0.29, 0.717) is 11.4 Å². The SMILES string of the molecule is COc1ccc2c(C)cc3nn(CN4CCC(C(=O)c5ccccc5)CC4)c(=S)n3c2c1. The van der Waals surface area contributed by atoms with Gasteiger partial charge in [0.15, 0.2) is 11.4 Å². The van der Waals surface area contributed by atoms with E-state index in [1.165, 1.54) is 0 Å². The Morgan fingerprint density at radius 2 is 1.88 bits per heavy atom. The van der Waals surface area contributed by atoms with E-state index in [4.69, 9.17) is 22.1 Å². The highest BCUT2D eigenvalue weighted by molar-refractivity contribution is 7.71. The van der Waals surface area contributed by atoms with Crippen LogP contribution in [0.4, 0.5) is 0 Å². The van der Waals surface area contributed by atoms with Gasteiger partial charge in [-0.3, -0.25) is 14.1 Å². The van der Waals surface area contributed by atoms with Crippen LogP contribution in [0.5, 0.6) is 5.75 Å². The summed E-state index contributed by atoms with van der Waals surface area (Å²) in [5, 5.41) is 5.93. The highest BCUT2D eigenvalue weighted by Crippen LogP contribution is 2.26. The molecule has 1 aliphatic heterocycles. The zero-order chi connectivity index (χ0) is 22.2. The summed E-state index contributed by atoms with van der Waals surface area (Å²) in [4.78, 5) is 15.1. The molecule has 1 saturated heterocycles. The maximum atomic E-state index is 12.8. The molecule has 6 nitrogen and oxygen atoms in total. The van der Waals surface area contributed by atoms with Crippen molar-refractivity contribution < 1.29 is 9.53 Å². The number of Topliss-reactive ketones (excluding diaryl/α,β-unsaturated/α-hetero) is 1. The predicted molar refractivity (Wildman–Crippen MR) is 128 cm³/mol. The average molecular weight is 447 g/mol. The first-order valence-electron chi connectivity index (χ1n) is 10.9. The Kier molecular flexibility index (Phi) is 5.53. The van der Waals surface area contributed by atoms with Crippen LogP contribution in [0.25, 0.3) is 16.6 Å². The molecule has 1 aliphatic rings. The monoisotopic (exact) mass is 446 g/mol. The molecule has 2 aromatic heterocycles. The van der Waals surface area contributed by atoms with E-state index < -0.39 is 0 Å². The normalized spacial score (nSPS) is 15.4. The lowest BCUT2D eigenvalue weighted by Gasteiger charge is -2.30. The number of pyridine rings is 1.